The van der Waals surface area contributed by atoms with Crippen molar-refractivity contribution in [1.82, 2.24) is 4.31 Å². The second-order valence-electron chi connectivity index (χ2n) is 6.43. The molecule has 0 heterocycles. The Morgan fingerprint density at radius 2 is 1.72 bits per heavy atom. The van der Waals surface area contributed by atoms with Crippen molar-refractivity contribution >= 4 is 21.6 Å². The Hall–Kier alpha value is -2.45. The molecule has 158 valence electrons. The number of para-hydroxylation sites is 2. The van der Waals surface area contributed by atoms with Crippen LogP contribution in [0.1, 0.15) is 44.0 Å². The molecule has 2 rings (SSSR count). The molecule has 6 nitrogen and oxygen atoms in total. The highest BCUT2D eigenvalue weighted by molar-refractivity contribution is 7.89. The van der Waals surface area contributed by atoms with Crippen LogP contribution in [0.4, 0.5) is 10.1 Å². The second-order valence-corrected chi connectivity index (χ2v) is 8.37. The molecule has 0 aliphatic rings. The normalized spacial score (nSPS) is 11.5. The zero-order chi connectivity index (χ0) is 21.4. The molecular weight excluding hydrogens is 395 g/mol. The Balaban J connectivity index is 2.37. The molecule has 0 atom stereocenters. The van der Waals surface area contributed by atoms with Gasteiger partial charge in [0, 0.05) is 13.1 Å². The molecule has 0 fully saturated rings. The summed E-state index contributed by atoms with van der Waals surface area (Å²) in [7, 11) is -3.83. The molecular formula is C21H27FN2O4S. The van der Waals surface area contributed by atoms with Gasteiger partial charge >= 0.3 is 0 Å². The van der Waals surface area contributed by atoms with Crippen molar-refractivity contribution < 1.29 is 22.3 Å². The number of sulfonamides is 1. The van der Waals surface area contributed by atoms with Crippen molar-refractivity contribution in [3.63, 3.8) is 0 Å². The van der Waals surface area contributed by atoms with Crippen molar-refractivity contribution in [2.24, 2.45) is 0 Å². The fourth-order valence-corrected chi connectivity index (χ4v) is 4.53. The lowest BCUT2D eigenvalue weighted by molar-refractivity contribution is 0.102. The van der Waals surface area contributed by atoms with Gasteiger partial charge in [0.05, 0.1) is 22.8 Å². The first-order valence-corrected chi connectivity index (χ1v) is 11.1. The molecule has 1 amide bonds. The maximum Gasteiger partial charge on any atom is 0.258 e. The van der Waals surface area contributed by atoms with Crippen LogP contribution in [-0.4, -0.2) is 38.3 Å². The first-order valence-electron chi connectivity index (χ1n) is 9.68. The van der Waals surface area contributed by atoms with Gasteiger partial charge in [0.2, 0.25) is 10.0 Å². The van der Waals surface area contributed by atoms with E-state index in [0.29, 0.717) is 44.0 Å². The number of amides is 1. The number of nitrogens with zero attached hydrogens (tertiary/aromatic N) is 1. The molecule has 1 N–H and O–H groups in total. The van der Waals surface area contributed by atoms with E-state index in [9.17, 15) is 17.6 Å². The first kappa shape index (κ1) is 22.8. The van der Waals surface area contributed by atoms with Crippen LogP contribution < -0.4 is 10.1 Å². The Morgan fingerprint density at radius 3 is 2.34 bits per heavy atom. The quantitative estimate of drug-likeness (QED) is 0.620. The summed E-state index contributed by atoms with van der Waals surface area (Å²) in [5.74, 6) is -1.10. The molecule has 8 heteroatoms. The summed E-state index contributed by atoms with van der Waals surface area (Å²) < 4.78 is 47.1. The molecule has 0 saturated heterocycles. The van der Waals surface area contributed by atoms with E-state index >= 15 is 0 Å². The van der Waals surface area contributed by atoms with Crippen LogP contribution >= 0.6 is 0 Å². The second kappa shape index (κ2) is 10.4. The van der Waals surface area contributed by atoms with Crippen molar-refractivity contribution in [2.45, 2.75) is 38.5 Å². The Kier molecular flexibility index (Phi) is 8.16. The maximum atomic E-state index is 14.4. The number of nitrogens with one attached hydrogen (secondary N) is 1. The van der Waals surface area contributed by atoms with Crippen molar-refractivity contribution in [2.75, 3.05) is 25.0 Å². The summed E-state index contributed by atoms with van der Waals surface area (Å²) in [4.78, 5) is 12.6. The molecule has 0 unspecified atom stereocenters. The zero-order valence-corrected chi connectivity index (χ0v) is 17.8. The number of carbonyl (C=O) groups excluding carboxylic acids is 1. The number of ether oxygens (including phenoxy) is 1. The van der Waals surface area contributed by atoms with Gasteiger partial charge in [-0.05, 0) is 50.1 Å². The monoisotopic (exact) mass is 422 g/mol. The minimum Gasteiger partial charge on any atom is -0.492 e. The van der Waals surface area contributed by atoms with Crippen LogP contribution in [0.5, 0.6) is 5.75 Å². The van der Waals surface area contributed by atoms with Gasteiger partial charge in [0.1, 0.15) is 11.6 Å². The predicted molar refractivity (Wildman–Crippen MR) is 111 cm³/mol. The third-order valence-corrected chi connectivity index (χ3v) is 6.10. The number of rotatable bonds is 10. The van der Waals surface area contributed by atoms with Crippen molar-refractivity contribution in [3.05, 3.63) is 53.8 Å². The summed E-state index contributed by atoms with van der Waals surface area (Å²) in [5.41, 5.74) is 0.0379. The highest BCUT2D eigenvalue weighted by Gasteiger charge is 2.25. The third-order valence-electron chi connectivity index (χ3n) is 4.20. The van der Waals surface area contributed by atoms with Gasteiger partial charge in [0.25, 0.3) is 5.91 Å². The molecule has 29 heavy (non-hydrogen) atoms. The van der Waals surface area contributed by atoms with Gasteiger partial charge in [-0.15, -0.1) is 0 Å². The van der Waals surface area contributed by atoms with Crippen LogP contribution in [0.25, 0.3) is 0 Å². The summed E-state index contributed by atoms with van der Waals surface area (Å²) in [5, 5.41) is 2.60. The SMILES string of the molecule is CCCN(CCC)S(=O)(=O)c1ccc(F)c(C(=O)Nc2ccccc2OCC)c1. The standard InChI is InChI=1S/C21H27FN2O4S/c1-4-13-24(14-5-2)29(26,27)16-11-12-18(22)17(15-16)21(25)23-19-9-7-8-10-20(19)28-6-3/h7-12,15H,4-6,13-14H2,1-3H3,(H,23,25). The molecule has 0 spiro atoms. The minimum absolute atomic E-state index is 0.107. The molecule has 0 aliphatic carbocycles. The fourth-order valence-electron chi connectivity index (χ4n) is 2.88. The summed E-state index contributed by atoms with van der Waals surface area (Å²) in [6, 6.07) is 10.1. The van der Waals surface area contributed by atoms with E-state index < -0.39 is 21.7 Å². The molecule has 0 saturated carbocycles. The lowest BCUT2D eigenvalue weighted by Crippen LogP contribution is -2.32. The van der Waals surface area contributed by atoms with Crippen LogP contribution in [0.2, 0.25) is 0 Å². The fraction of sp³-hybridized carbons (Fsp3) is 0.381. The molecule has 0 aromatic heterocycles. The Labute approximate surface area is 171 Å². The highest BCUT2D eigenvalue weighted by atomic mass is 32.2. The van der Waals surface area contributed by atoms with E-state index in [-0.39, 0.29) is 10.5 Å². The Bertz CT molecular complexity index is 941. The Morgan fingerprint density at radius 1 is 1.07 bits per heavy atom. The van der Waals surface area contributed by atoms with Gasteiger partial charge in [0.15, 0.2) is 0 Å². The van der Waals surface area contributed by atoms with E-state index in [1.165, 1.54) is 10.4 Å². The minimum atomic E-state index is -3.83. The molecule has 2 aromatic carbocycles. The summed E-state index contributed by atoms with van der Waals surface area (Å²) >= 11 is 0. The smallest absolute Gasteiger partial charge is 0.258 e. The lowest BCUT2D eigenvalue weighted by Gasteiger charge is -2.21. The van der Waals surface area contributed by atoms with Crippen molar-refractivity contribution in [1.29, 1.82) is 0 Å². The van der Waals surface area contributed by atoms with E-state index in [2.05, 4.69) is 5.32 Å². The molecule has 0 bridgehead atoms. The largest absolute Gasteiger partial charge is 0.492 e. The number of hydrogen-bond donors (Lipinski definition) is 1. The van der Waals surface area contributed by atoms with E-state index in [0.717, 1.165) is 12.1 Å². The number of benzene rings is 2. The summed E-state index contributed by atoms with van der Waals surface area (Å²) in [6.45, 7) is 6.70. The number of anilines is 1. The molecule has 0 radical (unpaired) electrons. The molecule has 0 aliphatic heterocycles. The lowest BCUT2D eigenvalue weighted by atomic mass is 10.2. The molecule has 2 aromatic rings. The number of carbonyl (C=O) groups is 1. The highest BCUT2D eigenvalue weighted by Crippen LogP contribution is 2.26. The van der Waals surface area contributed by atoms with E-state index in [1.807, 2.05) is 20.8 Å². The first-order chi connectivity index (χ1) is 13.8. The topological polar surface area (TPSA) is 75.7 Å². The zero-order valence-electron chi connectivity index (χ0n) is 16.9. The van der Waals surface area contributed by atoms with Crippen LogP contribution in [0, 0.1) is 5.82 Å². The van der Waals surface area contributed by atoms with Gasteiger partial charge in [-0.3, -0.25) is 4.79 Å². The number of halogens is 1. The van der Waals surface area contributed by atoms with E-state index in [4.69, 9.17) is 4.74 Å². The van der Waals surface area contributed by atoms with Crippen LogP contribution in [0.15, 0.2) is 47.4 Å². The van der Waals surface area contributed by atoms with Gasteiger partial charge < -0.3 is 10.1 Å². The predicted octanol–water partition coefficient (Wildman–Crippen LogP) is 4.29. The maximum absolute atomic E-state index is 14.4. The van der Waals surface area contributed by atoms with Crippen LogP contribution in [0.3, 0.4) is 0 Å². The van der Waals surface area contributed by atoms with E-state index in [1.54, 1.807) is 24.3 Å². The summed E-state index contributed by atoms with van der Waals surface area (Å²) in [6.07, 6.45) is 1.31. The van der Waals surface area contributed by atoms with Gasteiger partial charge in [-0.2, -0.15) is 4.31 Å². The average molecular weight is 423 g/mol. The number of hydrogen-bond acceptors (Lipinski definition) is 4. The van der Waals surface area contributed by atoms with Crippen molar-refractivity contribution in [3.8, 4) is 5.75 Å². The van der Waals surface area contributed by atoms with Gasteiger partial charge in [-0.1, -0.05) is 26.0 Å². The van der Waals surface area contributed by atoms with Gasteiger partial charge in [-0.25, -0.2) is 12.8 Å². The third kappa shape index (κ3) is 5.55. The average Bonchev–Trinajstić information content (AvgIpc) is 2.69. The van der Waals surface area contributed by atoms with Crippen LogP contribution in [-0.2, 0) is 10.0 Å².